The molecule has 0 spiro atoms. The molecule has 0 atom stereocenters. The fraction of sp³-hybridized carbons (Fsp3) is 0.120. The van der Waals surface area contributed by atoms with Crippen LogP contribution in [0.4, 0.5) is 10.1 Å². The molecule has 1 amide bonds. The van der Waals surface area contributed by atoms with Crippen LogP contribution in [0.25, 0.3) is 11.3 Å². The molecule has 4 aromatic rings. The number of nitrogens with zero attached hydrogens (tertiary/aromatic N) is 2. The van der Waals surface area contributed by atoms with E-state index in [0.29, 0.717) is 24.6 Å². The first-order valence-electron chi connectivity index (χ1n) is 9.79. The highest BCUT2D eigenvalue weighted by molar-refractivity contribution is 5.93. The highest BCUT2D eigenvalue weighted by Crippen LogP contribution is 2.22. The number of amides is 1. The Morgan fingerprint density at radius 1 is 0.900 bits per heavy atom. The van der Waals surface area contributed by atoms with Crippen molar-refractivity contribution in [2.75, 3.05) is 4.90 Å². The van der Waals surface area contributed by atoms with Crippen molar-refractivity contribution in [2.24, 2.45) is 0 Å². The third kappa shape index (κ3) is 4.81. The SMILES string of the molecule is O=C(CCc1ncc(-c2ccc(F)cc2)o1)N(Cc1ccccc1)c1ccccc1. The van der Waals surface area contributed by atoms with Gasteiger partial charge in [0.1, 0.15) is 5.82 Å². The van der Waals surface area contributed by atoms with E-state index in [4.69, 9.17) is 4.42 Å². The molecular formula is C25H21FN2O2. The fourth-order valence-electron chi connectivity index (χ4n) is 3.22. The second kappa shape index (κ2) is 9.18. The van der Waals surface area contributed by atoms with E-state index in [1.165, 1.54) is 12.1 Å². The molecule has 3 aromatic carbocycles. The van der Waals surface area contributed by atoms with E-state index in [-0.39, 0.29) is 18.1 Å². The Morgan fingerprint density at radius 2 is 1.57 bits per heavy atom. The van der Waals surface area contributed by atoms with Gasteiger partial charge in [-0.25, -0.2) is 9.37 Å². The van der Waals surface area contributed by atoms with Crippen LogP contribution in [-0.2, 0) is 17.8 Å². The van der Waals surface area contributed by atoms with Gasteiger partial charge in [-0.3, -0.25) is 4.79 Å². The predicted molar refractivity (Wildman–Crippen MR) is 114 cm³/mol. The van der Waals surface area contributed by atoms with Gasteiger partial charge in [-0.15, -0.1) is 0 Å². The van der Waals surface area contributed by atoms with Crippen LogP contribution in [0, 0.1) is 5.82 Å². The monoisotopic (exact) mass is 400 g/mol. The first kappa shape index (κ1) is 19.6. The normalized spacial score (nSPS) is 10.7. The number of aryl methyl sites for hydroxylation is 1. The number of hydrogen-bond acceptors (Lipinski definition) is 3. The second-order valence-electron chi connectivity index (χ2n) is 6.93. The van der Waals surface area contributed by atoms with Crippen molar-refractivity contribution in [1.82, 2.24) is 4.98 Å². The maximum atomic E-state index is 13.1. The number of oxazole rings is 1. The number of carbonyl (C=O) groups is 1. The quantitative estimate of drug-likeness (QED) is 0.403. The zero-order valence-electron chi connectivity index (χ0n) is 16.4. The minimum Gasteiger partial charge on any atom is -0.441 e. The zero-order valence-corrected chi connectivity index (χ0v) is 16.4. The van der Waals surface area contributed by atoms with Crippen LogP contribution < -0.4 is 4.90 Å². The van der Waals surface area contributed by atoms with Gasteiger partial charge in [0.05, 0.1) is 12.7 Å². The molecule has 0 aliphatic heterocycles. The van der Waals surface area contributed by atoms with Gasteiger partial charge in [-0.1, -0.05) is 48.5 Å². The lowest BCUT2D eigenvalue weighted by molar-refractivity contribution is -0.118. The summed E-state index contributed by atoms with van der Waals surface area (Å²) in [7, 11) is 0. The third-order valence-electron chi connectivity index (χ3n) is 4.79. The molecule has 0 radical (unpaired) electrons. The lowest BCUT2D eigenvalue weighted by Crippen LogP contribution is -2.30. The van der Waals surface area contributed by atoms with Crippen LogP contribution in [-0.4, -0.2) is 10.9 Å². The summed E-state index contributed by atoms with van der Waals surface area (Å²) in [6.45, 7) is 0.496. The second-order valence-corrected chi connectivity index (χ2v) is 6.93. The number of hydrogen-bond donors (Lipinski definition) is 0. The van der Waals surface area contributed by atoms with E-state index in [0.717, 1.165) is 16.8 Å². The number of halogens is 1. The van der Waals surface area contributed by atoms with Gasteiger partial charge in [-0.2, -0.15) is 0 Å². The van der Waals surface area contributed by atoms with Crippen LogP contribution in [0.1, 0.15) is 17.9 Å². The van der Waals surface area contributed by atoms with E-state index in [2.05, 4.69) is 4.98 Å². The smallest absolute Gasteiger partial charge is 0.227 e. The third-order valence-corrected chi connectivity index (χ3v) is 4.79. The summed E-state index contributed by atoms with van der Waals surface area (Å²) in [5.41, 5.74) is 2.66. The molecule has 0 bridgehead atoms. The standard InChI is InChI=1S/C25H21FN2O2/c26-21-13-11-20(12-14-21)23-17-27-24(30-23)15-16-25(29)28(22-9-5-2-6-10-22)18-19-7-3-1-4-8-19/h1-14,17H,15-16,18H2. The molecule has 0 aliphatic carbocycles. The van der Waals surface area contributed by atoms with Crippen molar-refractivity contribution in [3.63, 3.8) is 0 Å². The first-order chi connectivity index (χ1) is 14.7. The van der Waals surface area contributed by atoms with E-state index in [1.54, 1.807) is 23.2 Å². The molecule has 5 heteroatoms. The van der Waals surface area contributed by atoms with Gasteiger partial charge < -0.3 is 9.32 Å². The number of anilines is 1. The minimum atomic E-state index is -0.302. The molecule has 4 rings (SSSR count). The Morgan fingerprint density at radius 3 is 2.27 bits per heavy atom. The Bertz CT molecular complexity index is 1090. The van der Waals surface area contributed by atoms with Gasteiger partial charge in [0.15, 0.2) is 11.7 Å². The molecule has 0 saturated carbocycles. The fourth-order valence-corrected chi connectivity index (χ4v) is 3.22. The van der Waals surface area contributed by atoms with E-state index in [9.17, 15) is 9.18 Å². The molecule has 1 heterocycles. The van der Waals surface area contributed by atoms with Crippen molar-refractivity contribution in [3.8, 4) is 11.3 Å². The van der Waals surface area contributed by atoms with Gasteiger partial charge >= 0.3 is 0 Å². The number of rotatable bonds is 7. The molecule has 0 N–H and O–H groups in total. The van der Waals surface area contributed by atoms with Crippen molar-refractivity contribution >= 4 is 11.6 Å². The van der Waals surface area contributed by atoms with Gasteiger partial charge in [-0.05, 0) is 42.0 Å². The summed E-state index contributed by atoms with van der Waals surface area (Å²) in [5.74, 6) is 0.729. The molecule has 0 fully saturated rings. The van der Waals surface area contributed by atoms with E-state index >= 15 is 0 Å². The van der Waals surface area contributed by atoms with Gasteiger partial charge in [0, 0.05) is 24.1 Å². The highest BCUT2D eigenvalue weighted by atomic mass is 19.1. The number of carbonyl (C=O) groups excluding carboxylic acids is 1. The average molecular weight is 400 g/mol. The summed E-state index contributed by atoms with van der Waals surface area (Å²) >= 11 is 0. The molecule has 0 unspecified atom stereocenters. The average Bonchev–Trinajstić information content (AvgIpc) is 3.27. The van der Waals surface area contributed by atoms with Gasteiger partial charge in [0.2, 0.25) is 5.91 Å². The van der Waals surface area contributed by atoms with Crippen molar-refractivity contribution in [3.05, 3.63) is 108 Å². The summed E-state index contributed by atoms with van der Waals surface area (Å²) in [6.07, 6.45) is 2.26. The summed E-state index contributed by atoms with van der Waals surface area (Å²) < 4.78 is 18.9. The predicted octanol–water partition coefficient (Wildman–Crippen LogP) is 5.65. The van der Waals surface area contributed by atoms with Crippen LogP contribution >= 0.6 is 0 Å². The Labute approximate surface area is 174 Å². The topological polar surface area (TPSA) is 46.3 Å². The number of benzene rings is 3. The zero-order chi connectivity index (χ0) is 20.8. The Balaban J connectivity index is 1.46. The largest absolute Gasteiger partial charge is 0.441 e. The first-order valence-corrected chi connectivity index (χ1v) is 9.79. The number of para-hydroxylation sites is 1. The van der Waals surface area contributed by atoms with Crippen molar-refractivity contribution < 1.29 is 13.6 Å². The van der Waals surface area contributed by atoms with Crippen molar-refractivity contribution in [2.45, 2.75) is 19.4 Å². The molecular weight excluding hydrogens is 379 g/mol. The molecule has 150 valence electrons. The van der Waals surface area contributed by atoms with Crippen LogP contribution in [0.5, 0.6) is 0 Å². The molecule has 0 saturated heterocycles. The molecule has 30 heavy (non-hydrogen) atoms. The van der Waals surface area contributed by atoms with Crippen LogP contribution in [0.15, 0.2) is 95.5 Å². The lowest BCUT2D eigenvalue weighted by Gasteiger charge is -2.23. The maximum absolute atomic E-state index is 13.1. The Hall–Kier alpha value is -3.73. The molecule has 4 nitrogen and oxygen atoms in total. The van der Waals surface area contributed by atoms with Gasteiger partial charge in [0.25, 0.3) is 0 Å². The molecule has 1 aromatic heterocycles. The van der Waals surface area contributed by atoms with Crippen LogP contribution in [0.2, 0.25) is 0 Å². The Kier molecular flexibility index (Phi) is 5.99. The maximum Gasteiger partial charge on any atom is 0.227 e. The van der Waals surface area contributed by atoms with E-state index in [1.807, 2.05) is 60.7 Å². The van der Waals surface area contributed by atoms with Crippen molar-refractivity contribution in [1.29, 1.82) is 0 Å². The minimum absolute atomic E-state index is 0.00779. The summed E-state index contributed by atoms with van der Waals surface area (Å²) in [4.78, 5) is 19.1. The highest BCUT2D eigenvalue weighted by Gasteiger charge is 2.17. The number of aromatic nitrogens is 1. The molecule has 0 aliphatic rings. The lowest BCUT2D eigenvalue weighted by atomic mass is 10.1. The summed E-state index contributed by atoms with van der Waals surface area (Å²) in [6, 6.07) is 25.6. The summed E-state index contributed by atoms with van der Waals surface area (Å²) in [5, 5.41) is 0. The van der Waals surface area contributed by atoms with E-state index < -0.39 is 0 Å². The van der Waals surface area contributed by atoms with Crippen LogP contribution in [0.3, 0.4) is 0 Å².